The maximum absolute atomic E-state index is 9.67. The van der Waals surface area contributed by atoms with Crippen LogP contribution in [0.15, 0.2) is 30.3 Å². The maximum atomic E-state index is 9.67. The molecule has 106 valence electrons. The zero-order valence-electron chi connectivity index (χ0n) is 12.0. The van der Waals surface area contributed by atoms with Gasteiger partial charge < -0.3 is 10.2 Å². The molecule has 0 saturated carbocycles. The Labute approximate surface area is 115 Å². The van der Waals surface area contributed by atoms with Crippen molar-refractivity contribution in [2.24, 2.45) is 10.8 Å². The van der Waals surface area contributed by atoms with Gasteiger partial charge in [0.1, 0.15) is 0 Å². The quantitative estimate of drug-likeness (QED) is 0.872. The van der Waals surface area contributed by atoms with Crippen LogP contribution in [0.25, 0.3) is 0 Å². The van der Waals surface area contributed by atoms with E-state index >= 15 is 0 Å². The fourth-order valence-corrected chi connectivity index (χ4v) is 3.48. The van der Waals surface area contributed by atoms with E-state index < -0.39 is 0 Å². The summed E-state index contributed by atoms with van der Waals surface area (Å²) in [6.07, 6.45) is 0.873. The Hall–Kier alpha value is -0.900. The first-order valence-corrected chi connectivity index (χ1v) is 6.97. The van der Waals surface area contributed by atoms with Gasteiger partial charge in [-0.3, -0.25) is 4.90 Å². The van der Waals surface area contributed by atoms with Gasteiger partial charge in [-0.1, -0.05) is 44.2 Å². The van der Waals surface area contributed by atoms with E-state index in [2.05, 4.69) is 43.0 Å². The first kappa shape index (κ1) is 14.5. The van der Waals surface area contributed by atoms with Gasteiger partial charge in [0, 0.05) is 25.0 Å². The third kappa shape index (κ3) is 3.56. The van der Waals surface area contributed by atoms with Crippen molar-refractivity contribution < 1.29 is 10.2 Å². The molecule has 0 aliphatic carbocycles. The molecule has 1 fully saturated rings. The first-order chi connectivity index (χ1) is 8.99. The minimum Gasteiger partial charge on any atom is -0.396 e. The van der Waals surface area contributed by atoms with E-state index in [9.17, 15) is 10.2 Å². The molecule has 1 aromatic rings. The topological polar surface area (TPSA) is 43.7 Å². The summed E-state index contributed by atoms with van der Waals surface area (Å²) in [6.45, 7) is 7.18. The maximum Gasteiger partial charge on any atom is 0.0521 e. The molecule has 1 aromatic carbocycles. The number of hydrogen-bond acceptors (Lipinski definition) is 3. The number of likely N-dealkylation sites (tertiary alicyclic amines) is 1. The van der Waals surface area contributed by atoms with Crippen molar-refractivity contribution in [3.63, 3.8) is 0 Å². The highest BCUT2D eigenvalue weighted by molar-refractivity contribution is 5.15. The van der Waals surface area contributed by atoms with E-state index in [1.807, 2.05) is 6.07 Å². The molecule has 0 bridgehead atoms. The van der Waals surface area contributed by atoms with Crippen molar-refractivity contribution >= 4 is 0 Å². The molecule has 3 nitrogen and oxygen atoms in total. The van der Waals surface area contributed by atoms with Gasteiger partial charge in [0.05, 0.1) is 13.2 Å². The molecule has 1 aliphatic rings. The summed E-state index contributed by atoms with van der Waals surface area (Å²) in [7, 11) is 0. The van der Waals surface area contributed by atoms with Crippen LogP contribution in [0.3, 0.4) is 0 Å². The fraction of sp³-hybridized carbons (Fsp3) is 0.625. The molecule has 2 N–H and O–H groups in total. The summed E-state index contributed by atoms with van der Waals surface area (Å²) < 4.78 is 0. The van der Waals surface area contributed by atoms with E-state index in [0.29, 0.717) is 0 Å². The summed E-state index contributed by atoms with van der Waals surface area (Å²) >= 11 is 0. The number of aliphatic hydroxyl groups is 2. The molecule has 1 saturated heterocycles. The average molecular weight is 263 g/mol. The van der Waals surface area contributed by atoms with Gasteiger partial charge in [0.25, 0.3) is 0 Å². The molecule has 0 atom stereocenters. The molecule has 1 heterocycles. The first-order valence-electron chi connectivity index (χ1n) is 6.97. The molecule has 0 aromatic heterocycles. The zero-order valence-corrected chi connectivity index (χ0v) is 12.0. The highest BCUT2D eigenvalue weighted by Gasteiger charge is 2.42. The highest BCUT2D eigenvalue weighted by Crippen LogP contribution is 2.40. The van der Waals surface area contributed by atoms with Crippen LogP contribution in [-0.4, -0.2) is 41.4 Å². The van der Waals surface area contributed by atoms with Crippen molar-refractivity contribution in [1.29, 1.82) is 0 Å². The van der Waals surface area contributed by atoms with Crippen LogP contribution in [0.1, 0.15) is 25.8 Å². The van der Waals surface area contributed by atoms with E-state index in [1.165, 1.54) is 5.56 Å². The van der Waals surface area contributed by atoms with Gasteiger partial charge in [-0.2, -0.15) is 0 Å². The molecule has 1 aliphatic heterocycles. The monoisotopic (exact) mass is 263 g/mol. The Morgan fingerprint density at radius 1 is 1.05 bits per heavy atom. The molecule has 2 rings (SSSR count). The van der Waals surface area contributed by atoms with Gasteiger partial charge in [-0.15, -0.1) is 0 Å². The van der Waals surface area contributed by atoms with Crippen LogP contribution < -0.4 is 0 Å². The van der Waals surface area contributed by atoms with Crippen LogP contribution in [0, 0.1) is 10.8 Å². The third-order valence-electron chi connectivity index (χ3n) is 3.98. The summed E-state index contributed by atoms with van der Waals surface area (Å²) in [5.41, 5.74) is 1.04. The van der Waals surface area contributed by atoms with Crippen LogP contribution in [-0.2, 0) is 6.54 Å². The normalized spacial score (nSPS) is 22.3. The fourth-order valence-electron chi connectivity index (χ4n) is 3.48. The van der Waals surface area contributed by atoms with E-state index in [0.717, 1.165) is 26.1 Å². The number of hydrogen-bond donors (Lipinski definition) is 2. The highest BCUT2D eigenvalue weighted by atomic mass is 16.3. The Balaban J connectivity index is 2.12. The molecule has 0 amide bonds. The summed E-state index contributed by atoms with van der Waals surface area (Å²) in [5.74, 6) is 0. The van der Waals surface area contributed by atoms with Crippen molar-refractivity contribution in [1.82, 2.24) is 4.90 Å². The van der Waals surface area contributed by atoms with Gasteiger partial charge in [0.15, 0.2) is 0 Å². The van der Waals surface area contributed by atoms with Gasteiger partial charge in [-0.25, -0.2) is 0 Å². The van der Waals surface area contributed by atoms with Crippen molar-refractivity contribution in [3.05, 3.63) is 35.9 Å². The number of benzene rings is 1. The summed E-state index contributed by atoms with van der Waals surface area (Å²) in [4.78, 5) is 2.35. The van der Waals surface area contributed by atoms with E-state index in [4.69, 9.17) is 0 Å². The van der Waals surface area contributed by atoms with Crippen LogP contribution in [0.5, 0.6) is 0 Å². The molecule has 0 radical (unpaired) electrons. The molecule has 19 heavy (non-hydrogen) atoms. The standard InChI is InChI=1S/C16H25NO2/c1-15(2)9-16(12-18,13-19)11-17(10-15)8-14-6-4-3-5-7-14/h3-7,18-19H,8-13H2,1-2H3. The predicted molar refractivity (Wildman–Crippen MR) is 76.7 cm³/mol. The number of rotatable bonds is 4. The predicted octanol–water partition coefficient (Wildman–Crippen LogP) is 1.89. The van der Waals surface area contributed by atoms with Crippen molar-refractivity contribution in [2.75, 3.05) is 26.3 Å². The largest absolute Gasteiger partial charge is 0.396 e. The lowest BCUT2D eigenvalue weighted by Crippen LogP contribution is -2.53. The van der Waals surface area contributed by atoms with Crippen LogP contribution in [0.4, 0.5) is 0 Å². The second-order valence-corrected chi connectivity index (χ2v) is 6.79. The lowest BCUT2D eigenvalue weighted by Gasteiger charge is -2.48. The van der Waals surface area contributed by atoms with Crippen LogP contribution in [0.2, 0.25) is 0 Å². The minimum absolute atomic E-state index is 0.0538. The minimum atomic E-state index is -0.365. The lowest BCUT2D eigenvalue weighted by molar-refractivity contribution is -0.0603. The Morgan fingerprint density at radius 2 is 1.68 bits per heavy atom. The number of piperidine rings is 1. The summed E-state index contributed by atoms with van der Waals surface area (Å²) in [6, 6.07) is 10.4. The molecule has 0 spiro atoms. The Kier molecular flexibility index (Phi) is 4.29. The second-order valence-electron chi connectivity index (χ2n) is 6.79. The molecule has 3 heteroatoms. The number of nitrogens with zero attached hydrogens (tertiary/aromatic N) is 1. The SMILES string of the molecule is CC1(C)CN(Cc2ccccc2)CC(CO)(CO)C1. The molecular weight excluding hydrogens is 238 g/mol. The van der Waals surface area contributed by atoms with Crippen molar-refractivity contribution in [3.8, 4) is 0 Å². The van der Waals surface area contributed by atoms with Gasteiger partial charge in [0.2, 0.25) is 0 Å². The van der Waals surface area contributed by atoms with Gasteiger partial charge >= 0.3 is 0 Å². The van der Waals surface area contributed by atoms with Crippen LogP contribution >= 0.6 is 0 Å². The Morgan fingerprint density at radius 3 is 2.26 bits per heavy atom. The van der Waals surface area contributed by atoms with Crippen molar-refractivity contribution in [2.45, 2.75) is 26.8 Å². The van der Waals surface area contributed by atoms with Gasteiger partial charge in [-0.05, 0) is 17.4 Å². The zero-order chi connectivity index (χ0) is 13.9. The molecular formula is C16H25NO2. The Bertz CT molecular complexity index is 398. The summed E-state index contributed by atoms with van der Waals surface area (Å²) in [5, 5.41) is 19.3. The molecule has 0 unspecified atom stereocenters. The smallest absolute Gasteiger partial charge is 0.0521 e. The lowest BCUT2D eigenvalue weighted by atomic mass is 9.69. The average Bonchev–Trinajstić information content (AvgIpc) is 2.38. The number of aliphatic hydroxyl groups excluding tert-OH is 2. The van der Waals surface area contributed by atoms with E-state index in [-0.39, 0.29) is 24.0 Å². The van der Waals surface area contributed by atoms with E-state index in [1.54, 1.807) is 0 Å². The second kappa shape index (κ2) is 5.61. The third-order valence-corrected chi connectivity index (χ3v) is 3.98.